The number of anilines is 1. The van der Waals surface area contributed by atoms with E-state index >= 15 is 0 Å². The van der Waals surface area contributed by atoms with E-state index < -0.39 is 0 Å². The number of benzene rings is 1. The van der Waals surface area contributed by atoms with Crippen molar-refractivity contribution < 1.29 is 0 Å². The Kier molecular flexibility index (Phi) is 5.09. The first kappa shape index (κ1) is 18.6. The summed E-state index contributed by atoms with van der Waals surface area (Å²) in [5.74, 6) is 0.869. The molecule has 0 amide bonds. The number of piperazine rings is 1. The quantitative estimate of drug-likeness (QED) is 0.697. The van der Waals surface area contributed by atoms with Gasteiger partial charge in [0.25, 0.3) is 0 Å². The molecule has 1 aliphatic heterocycles. The Morgan fingerprint density at radius 1 is 0.929 bits per heavy atom. The lowest BCUT2D eigenvalue weighted by molar-refractivity contribution is 0.191. The normalized spacial score (nSPS) is 16.9. The second kappa shape index (κ2) is 7.67. The van der Waals surface area contributed by atoms with Crippen molar-refractivity contribution in [3.8, 4) is 0 Å². The van der Waals surface area contributed by atoms with E-state index in [1.165, 1.54) is 5.69 Å². The molecule has 1 aromatic carbocycles. The van der Waals surface area contributed by atoms with Crippen molar-refractivity contribution in [3.63, 3.8) is 0 Å². The third-order valence-corrected chi connectivity index (χ3v) is 5.17. The Labute approximate surface area is 166 Å². The largest absolute Gasteiger partial charge is 0.369 e. The van der Waals surface area contributed by atoms with E-state index in [9.17, 15) is 0 Å². The van der Waals surface area contributed by atoms with Crippen LogP contribution in [-0.4, -0.2) is 56.3 Å². The van der Waals surface area contributed by atoms with Crippen LogP contribution in [0.15, 0.2) is 54.9 Å². The van der Waals surface area contributed by atoms with Gasteiger partial charge in [-0.3, -0.25) is 9.88 Å². The maximum absolute atomic E-state index is 4.43. The van der Waals surface area contributed by atoms with Crippen LogP contribution in [0.25, 0.3) is 0 Å². The Hall–Kier alpha value is -2.80. The summed E-state index contributed by atoms with van der Waals surface area (Å²) in [5, 5.41) is 12.7. The van der Waals surface area contributed by atoms with E-state index in [1.54, 1.807) is 6.20 Å². The summed E-state index contributed by atoms with van der Waals surface area (Å²) >= 11 is 0. The lowest BCUT2D eigenvalue weighted by Crippen LogP contribution is -2.48. The van der Waals surface area contributed by atoms with Gasteiger partial charge in [-0.05, 0) is 55.0 Å². The van der Waals surface area contributed by atoms with Gasteiger partial charge in [-0.2, -0.15) is 0 Å². The molecule has 1 saturated heterocycles. The molecule has 3 aromatic rings. The van der Waals surface area contributed by atoms with Crippen LogP contribution in [0.1, 0.15) is 38.2 Å². The van der Waals surface area contributed by atoms with Crippen molar-refractivity contribution in [1.29, 1.82) is 0 Å². The van der Waals surface area contributed by atoms with Gasteiger partial charge in [0.2, 0.25) is 0 Å². The summed E-state index contributed by atoms with van der Waals surface area (Å²) in [5.41, 5.74) is 2.21. The van der Waals surface area contributed by atoms with Crippen molar-refractivity contribution in [2.24, 2.45) is 0 Å². The van der Waals surface area contributed by atoms with Crippen LogP contribution in [0.3, 0.4) is 0 Å². The summed E-state index contributed by atoms with van der Waals surface area (Å²) in [7, 11) is 0. The van der Waals surface area contributed by atoms with E-state index in [2.05, 4.69) is 87.5 Å². The number of pyridine rings is 1. The van der Waals surface area contributed by atoms with Gasteiger partial charge in [-0.1, -0.05) is 24.3 Å². The molecule has 4 rings (SSSR count). The molecule has 7 nitrogen and oxygen atoms in total. The number of hydrogen-bond donors (Lipinski definition) is 0. The van der Waals surface area contributed by atoms with Gasteiger partial charge in [0.1, 0.15) is 0 Å². The molecule has 146 valence electrons. The van der Waals surface area contributed by atoms with Crippen LogP contribution in [-0.2, 0) is 5.54 Å². The Balaban J connectivity index is 1.62. The van der Waals surface area contributed by atoms with Crippen molar-refractivity contribution in [2.45, 2.75) is 32.4 Å². The van der Waals surface area contributed by atoms with Gasteiger partial charge in [0.15, 0.2) is 5.82 Å². The molecule has 1 atom stereocenters. The van der Waals surface area contributed by atoms with E-state index in [1.807, 2.05) is 16.9 Å². The van der Waals surface area contributed by atoms with E-state index in [-0.39, 0.29) is 11.6 Å². The number of tetrazole rings is 1. The smallest absolute Gasteiger partial charge is 0.173 e. The zero-order valence-corrected chi connectivity index (χ0v) is 16.7. The lowest BCUT2D eigenvalue weighted by atomic mass is 10.0. The van der Waals surface area contributed by atoms with Crippen LogP contribution >= 0.6 is 0 Å². The fourth-order valence-electron chi connectivity index (χ4n) is 3.78. The molecule has 2 aromatic heterocycles. The van der Waals surface area contributed by atoms with Crippen LogP contribution < -0.4 is 4.90 Å². The Morgan fingerprint density at radius 3 is 2.32 bits per heavy atom. The van der Waals surface area contributed by atoms with Crippen molar-refractivity contribution >= 4 is 5.69 Å². The van der Waals surface area contributed by atoms with E-state index in [0.29, 0.717) is 0 Å². The predicted molar refractivity (Wildman–Crippen MR) is 109 cm³/mol. The number of nitrogens with zero attached hydrogens (tertiary/aromatic N) is 7. The minimum absolute atomic E-state index is 0.0131. The monoisotopic (exact) mass is 377 g/mol. The fourth-order valence-corrected chi connectivity index (χ4v) is 3.78. The molecule has 3 heterocycles. The van der Waals surface area contributed by atoms with Gasteiger partial charge < -0.3 is 4.90 Å². The van der Waals surface area contributed by atoms with Crippen LogP contribution in [0.5, 0.6) is 0 Å². The first-order valence-electron chi connectivity index (χ1n) is 9.77. The SMILES string of the molecule is CC(C)(C)n1nnnc1[C@H](c1cccnc1)N1CCN(c2ccccc2)CC1. The molecule has 0 unspecified atom stereocenters. The minimum Gasteiger partial charge on any atom is -0.369 e. The molecule has 0 aliphatic carbocycles. The molecule has 7 heteroatoms. The zero-order valence-electron chi connectivity index (χ0n) is 16.7. The highest BCUT2D eigenvalue weighted by Crippen LogP contribution is 2.30. The maximum atomic E-state index is 4.43. The molecule has 0 radical (unpaired) electrons. The maximum Gasteiger partial charge on any atom is 0.173 e. The average molecular weight is 377 g/mol. The van der Waals surface area contributed by atoms with Crippen molar-refractivity contribution in [1.82, 2.24) is 30.1 Å². The van der Waals surface area contributed by atoms with E-state index in [0.717, 1.165) is 37.6 Å². The highest BCUT2D eigenvalue weighted by atomic mass is 15.6. The van der Waals surface area contributed by atoms with Gasteiger partial charge >= 0.3 is 0 Å². The molecule has 0 bridgehead atoms. The standard InChI is InChI=1S/C21H27N7/c1-21(2,3)28-20(23-24-25-28)19(17-8-7-11-22-16-17)27-14-12-26(13-15-27)18-9-5-4-6-10-18/h4-11,16,19H,12-15H2,1-3H3/t19-/m0/s1. The second-order valence-corrected chi connectivity index (χ2v) is 8.17. The zero-order chi connectivity index (χ0) is 19.6. The summed E-state index contributed by atoms with van der Waals surface area (Å²) < 4.78 is 1.94. The predicted octanol–water partition coefficient (Wildman–Crippen LogP) is 2.73. The summed E-state index contributed by atoms with van der Waals surface area (Å²) in [4.78, 5) is 9.25. The van der Waals surface area contributed by atoms with Crippen molar-refractivity contribution in [2.75, 3.05) is 31.1 Å². The molecule has 0 saturated carbocycles. The first-order chi connectivity index (χ1) is 13.5. The summed E-state index contributed by atoms with van der Waals surface area (Å²) in [6, 6.07) is 14.7. The topological polar surface area (TPSA) is 63.0 Å². The average Bonchev–Trinajstić information content (AvgIpc) is 3.20. The van der Waals surface area contributed by atoms with Gasteiger partial charge in [-0.25, -0.2) is 4.68 Å². The van der Waals surface area contributed by atoms with Gasteiger partial charge in [0, 0.05) is 44.3 Å². The third-order valence-electron chi connectivity index (χ3n) is 5.17. The van der Waals surface area contributed by atoms with Gasteiger partial charge in [-0.15, -0.1) is 5.10 Å². The third kappa shape index (κ3) is 3.75. The molecule has 1 aliphatic rings. The number of aromatic nitrogens is 5. The Morgan fingerprint density at radius 2 is 1.68 bits per heavy atom. The second-order valence-electron chi connectivity index (χ2n) is 8.17. The molecule has 0 spiro atoms. The Bertz CT molecular complexity index is 878. The highest BCUT2D eigenvalue weighted by Gasteiger charge is 2.33. The van der Waals surface area contributed by atoms with E-state index in [4.69, 9.17) is 0 Å². The molecular weight excluding hydrogens is 350 g/mol. The molecular formula is C21H27N7. The number of rotatable bonds is 4. The van der Waals surface area contributed by atoms with Crippen LogP contribution in [0.2, 0.25) is 0 Å². The fraction of sp³-hybridized carbons (Fsp3) is 0.429. The number of para-hydroxylation sites is 1. The van der Waals surface area contributed by atoms with Crippen molar-refractivity contribution in [3.05, 3.63) is 66.2 Å². The molecule has 0 N–H and O–H groups in total. The minimum atomic E-state index is -0.189. The first-order valence-corrected chi connectivity index (χ1v) is 9.77. The summed E-state index contributed by atoms with van der Waals surface area (Å²) in [6.07, 6.45) is 3.73. The van der Waals surface area contributed by atoms with Crippen LogP contribution in [0.4, 0.5) is 5.69 Å². The summed E-state index contributed by atoms with van der Waals surface area (Å²) in [6.45, 7) is 10.2. The lowest BCUT2D eigenvalue weighted by Gasteiger charge is -2.40. The van der Waals surface area contributed by atoms with Gasteiger partial charge in [0.05, 0.1) is 11.6 Å². The van der Waals surface area contributed by atoms with Crippen LogP contribution in [0, 0.1) is 0 Å². The number of hydrogen-bond acceptors (Lipinski definition) is 6. The highest BCUT2D eigenvalue weighted by molar-refractivity contribution is 5.46. The molecule has 28 heavy (non-hydrogen) atoms. The molecule has 1 fully saturated rings.